The number of pyridine rings is 1. The quantitative estimate of drug-likeness (QED) is 0.270. The van der Waals surface area contributed by atoms with Crippen LogP contribution in [0.4, 0.5) is 20.3 Å². The molecular weight excluding hydrogens is 610 g/mol. The van der Waals surface area contributed by atoms with Crippen LogP contribution in [-0.4, -0.2) is 68.1 Å². The number of hydrogen-bond acceptors (Lipinski definition) is 7. The molecule has 2 fully saturated rings. The highest BCUT2D eigenvalue weighted by Gasteiger charge is 2.25. The lowest BCUT2D eigenvalue weighted by atomic mass is 9.89. The number of amides is 1. The number of amidine groups is 1. The Morgan fingerprint density at radius 2 is 1.71 bits per heavy atom. The number of benzene rings is 3. The number of nitrogen functional groups attached to an aromatic ring is 1. The van der Waals surface area contributed by atoms with Crippen molar-refractivity contribution in [3.05, 3.63) is 112 Å². The Labute approximate surface area is 279 Å². The summed E-state index contributed by atoms with van der Waals surface area (Å²) in [6, 6.07) is 17.3. The fourth-order valence-corrected chi connectivity index (χ4v) is 6.98. The number of aromatic nitrogens is 1. The van der Waals surface area contributed by atoms with Gasteiger partial charge < -0.3 is 25.6 Å². The molecule has 3 N–H and O–H groups in total. The highest BCUT2D eigenvalue weighted by molar-refractivity contribution is 6.15. The number of carbonyl (C=O) groups excluding carboxylic acids is 1. The van der Waals surface area contributed by atoms with Crippen molar-refractivity contribution in [2.24, 2.45) is 10.9 Å². The van der Waals surface area contributed by atoms with E-state index in [1.165, 1.54) is 12.1 Å². The smallest absolute Gasteiger partial charge is 0.257 e. The van der Waals surface area contributed by atoms with Crippen molar-refractivity contribution in [2.45, 2.75) is 32.2 Å². The van der Waals surface area contributed by atoms with Gasteiger partial charge in [-0.1, -0.05) is 0 Å². The van der Waals surface area contributed by atoms with Crippen LogP contribution >= 0.6 is 0 Å². The van der Waals surface area contributed by atoms with Crippen LogP contribution in [0.2, 0.25) is 0 Å². The van der Waals surface area contributed by atoms with Crippen LogP contribution < -0.4 is 16.0 Å². The number of nitrogens with two attached hydrogens (primary N) is 1. The summed E-state index contributed by atoms with van der Waals surface area (Å²) in [4.78, 5) is 27.8. The average molecular weight is 651 g/mol. The van der Waals surface area contributed by atoms with Gasteiger partial charge in [0, 0.05) is 74.0 Å². The van der Waals surface area contributed by atoms with Crippen LogP contribution in [0.3, 0.4) is 0 Å². The molecule has 3 aliphatic rings. The predicted octanol–water partition coefficient (Wildman–Crippen LogP) is 5.61. The molecule has 248 valence electrons. The lowest BCUT2D eigenvalue weighted by molar-refractivity contribution is 0.0664. The van der Waals surface area contributed by atoms with Crippen LogP contribution in [0.25, 0.3) is 11.1 Å². The van der Waals surface area contributed by atoms with Crippen LogP contribution in [0.1, 0.15) is 51.0 Å². The number of fused-ring (bicyclic) bond motifs is 1. The first-order valence-corrected chi connectivity index (χ1v) is 16.6. The molecule has 0 aliphatic carbocycles. The summed E-state index contributed by atoms with van der Waals surface area (Å²) >= 11 is 0. The highest BCUT2D eigenvalue weighted by Crippen LogP contribution is 2.33. The standard InChI is InChI=1S/C38H40F2N6O2/c1-45-8-10-46(11-9-45)32-3-4-33(27(18-32)14-24-6-12-48-13-7-24)38(47)44-37-35-19-28(15-25-16-30(39)21-31(40)17-25)34(20-29(35)23-43-37)26-2-5-36(41)42-22-26/h2-5,16-22,24H,6-15,23H2,1H3,(H2,41,42)(H,43,44,47). The summed E-state index contributed by atoms with van der Waals surface area (Å²) in [5.41, 5.74) is 13.4. The van der Waals surface area contributed by atoms with Gasteiger partial charge in [0.25, 0.3) is 5.91 Å². The van der Waals surface area contributed by atoms with E-state index in [9.17, 15) is 13.6 Å². The van der Waals surface area contributed by atoms with Gasteiger partial charge in [-0.25, -0.2) is 13.8 Å². The molecule has 8 nitrogen and oxygen atoms in total. The first-order valence-electron chi connectivity index (χ1n) is 16.6. The van der Waals surface area contributed by atoms with Gasteiger partial charge in [0.15, 0.2) is 0 Å². The molecule has 0 atom stereocenters. The van der Waals surface area contributed by atoms with Crippen LogP contribution in [0, 0.1) is 17.6 Å². The largest absolute Gasteiger partial charge is 0.384 e. The van der Waals surface area contributed by atoms with Crippen LogP contribution in [0.5, 0.6) is 0 Å². The number of likely N-dealkylation sites (N-methyl/N-ethyl adjacent to an activating group) is 1. The van der Waals surface area contributed by atoms with E-state index < -0.39 is 11.6 Å². The minimum Gasteiger partial charge on any atom is -0.384 e. The second-order valence-electron chi connectivity index (χ2n) is 13.1. The molecule has 7 rings (SSSR count). The topological polar surface area (TPSA) is 96.1 Å². The van der Waals surface area contributed by atoms with Gasteiger partial charge in [-0.15, -0.1) is 0 Å². The summed E-state index contributed by atoms with van der Waals surface area (Å²) in [7, 11) is 2.14. The zero-order valence-corrected chi connectivity index (χ0v) is 27.1. The second kappa shape index (κ2) is 13.8. The first kappa shape index (κ1) is 31.9. The molecule has 48 heavy (non-hydrogen) atoms. The molecule has 0 unspecified atom stereocenters. The number of nitrogens with zero attached hydrogens (tertiary/aromatic N) is 4. The molecular formula is C38H40F2N6O2. The normalized spacial score (nSPS) is 16.9. The number of hydrogen-bond donors (Lipinski definition) is 2. The van der Waals surface area contributed by atoms with Crippen molar-refractivity contribution in [1.82, 2.24) is 15.2 Å². The summed E-state index contributed by atoms with van der Waals surface area (Å²) in [5.74, 6) is -0.125. The Hall–Kier alpha value is -4.67. The number of aliphatic imine (C=N–C) groups is 1. The first-order chi connectivity index (χ1) is 23.3. The maximum absolute atomic E-state index is 14.2. The maximum atomic E-state index is 14.2. The molecule has 3 aromatic carbocycles. The molecule has 0 bridgehead atoms. The Morgan fingerprint density at radius 1 is 0.938 bits per heavy atom. The molecule has 0 radical (unpaired) electrons. The minimum absolute atomic E-state index is 0.200. The van der Waals surface area contributed by atoms with Crippen LogP contribution in [0.15, 0.2) is 71.9 Å². The third-order valence-corrected chi connectivity index (χ3v) is 9.69. The molecule has 3 aliphatic heterocycles. The van der Waals surface area contributed by atoms with Gasteiger partial charge in [-0.05, 0) is 121 Å². The van der Waals surface area contributed by atoms with E-state index in [4.69, 9.17) is 15.5 Å². The lowest BCUT2D eigenvalue weighted by Gasteiger charge is -2.34. The molecule has 4 aromatic rings. The van der Waals surface area contributed by atoms with E-state index in [2.05, 4.69) is 39.3 Å². The van der Waals surface area contributed by atoms with Gasteiger partial charge in [-0.2, -0.15) is 0 Å². The van der Waals surface area contributed by atoms with E-state index in [0.717, 1.165) is 104 Å². The summed E-state index contributed by atoms with van der Waals surface area (Å²) < 4.78 is 34.0. The molecule has 0 saturated carbocycles. The van der Waals surface area contributed by atoms with Gasteiger partial charge in [0.2, 0.25) is 0 Å². The Balaban J connectivity index is 1.19. The summed E-state index contributed by atoms with van der Waals surface area (Å²) in [5, 5.41) is 3.13. The van der Waals surface area contributed by atoms with Crippen molar-refractivity contribution in [3.63, 3.8) is 0 Å². The number of rotatable bonds is 7. The van der Waals surface area contributed by atoms with E-state index >= 15 is 0 Å². The Morgan fingerprint density at radius 3 is 2.44 bits per heavy atom. The number of nitrogens with one attached hydrogen (secondary N) is 1. The number of ether oxygens (including phenoxy) is 1. The SMILES string of the molecule is CN1CCN(c2ccc(C(=O)NC3=NCc4cc(-c5ccc(N)nc5)c(Cc5cc(F)cc(F)c5)cc43)c(CC3CCOCC3)c2)CC1. The zero-order chi connectivity index (χ0) is 33.2. The lowest BCUT2D eigenvalue weighted by Crippen LogP contribution is -2.44. The summed E-state index contributed by atoms with van der Waals surface area (Å²) in [6.45, 7) is 5.80. The molecule has 1 aromatic heterocycles. The number of anilines is 2. The Kier molecular flexibility index (Phi) is 9.19. The van der Waals surface area contributed by atoms with Crippen molar-refractivity contribution >= 4 is 23.2 Å². The number of halogens is 2. The molecule has 2 saturated heterocycles. The van der Waals surface area contributed by atoms with E-state index in [1.807, 2.05) is 24.3 Å². The zero-order valence-electron chi connectivity index (χ0n) is 27.1. The maximum Gasteiger partial charge on any atom is 0.257 e. The van der Waals surface area contributed by atoms with Gasteiger partial charge in [-0.3, -0.25) is 9.79 Å². The molecule has 4 heterocycles. The fourth-order valence-electron chi connectivity index (χ4n) is 6.98. The van der Waals surface area contributed by atoms with Crippen molar-refractivity contribution in [3.8, 4) is 11.1 Å². The van der Waals surface area contributed by atoms with Crippen molar-refractivity contribution in [1.29, 1.82) is 0 Å². The number of carbonyl (C=O) groups is 1. The third kappa shape index (κ3) is 7.10. The van der Waals surface area contributed by atoms with Crippen molar-refractivity contribution in [2.75, 3.05) is 57.1 Å². The second-order valence-corrected chi connectivity index (χ2v) is 13.1. The summed E-state index contributed by atoms with van der Waals surface area (Å²) in [6.07, 6.45) is 4.72. The monoisotopic (exact) mass is 650 g/mol. The van der Waals surface area contributed by atoms with Crippen molar-refractivity contribution < 1.29 is 18.3 Å². The van der Waals surface area contributed by atoms with E-state index in [0.29, 0.717) is 35.2 Å². The van der Waals surface area contributed by atoms with Crippen LogP contribution in [-0.2, 0) is 24.1 Å². The fraction of sp³-hybridized carbons (Fsp3) is 0.342. The molecule has 0 spiro atoms. The number of piperazine rings is 1. The third-order valence-electron chi connectivity index (χ3n) is 9.69. The molecule has 1 amide bonds. The Bertz CT molecular complexity index is 1830. The van der Waals surface area contributed by atoms with Gasteiger partial charge >= 0.3 is 0 Å². The average Bonchev–Trinajstić information content (AvgIpc) is 3.46. The highest BCUT2D eigenvalue weighted by atomic mass is 19.1. The minimum atomic E-state index is -0.633. The van der Waals surface area contributed by atoms with Gasteiger partial charge in [0.1, 0.15) is 23.3 Å². The predicted molar refractivity (Wildman–Crippen MR) is 184 cm³/mol. The van der Waals surface area contributed by atoms with Gasteiger partial charge in [0.05, 0.1) is 6.54 Å². The van der Waals surface area contributed by atoms with E-state index in [1.54, 1.807) is 12.3 Å². The van der Waals surface area contributed by atoms with E-state index in [-0.39, 0.29) is 12.3 Å². The molecule has 10 heteroatoms.